The monoisotopic (exact) mass is 435 g/mol. The lowest BCUT2D eigenvalue weighted by Gasteiger charge is -2.29. The van der Waals surface area contributed by atoms with Crippen LogP contribution in [0, 0.1) is 0 Å². The summed E-state index contributed by atoms with van der Waals surface area (Å²) in [6, 6.07) is 9.58. The van der Waals surface area contributed by atoms with Crippen LogP contribution >= 0.6 is 0 Å². The smallest absolute Gasteiger partial charge is 0.260 e. The third-order valence-corrected chi connectivity index (χ3v) is 4.90. The van der Waals surface area contributed by atoms with Crippen molar-refractivity contribution in [1.82, 2.24) is 25.1 Å². The molecule has 9 heteroatoms. The second-order valence-electron chi connectivity index (χ2n) is 7.65. The summed E-state index contributed by atoms with van der Waals surface area (Å²) in [4.78, 5) is 38.9. The molecular formula is C23H29N7O2. The molecule has 0 aliphatic carbocycles. The van der Waals surface area contributed by atoms with E-state index in [1.54, 1.807) is 65.6 Å². The Balaban J connectivity index is 2.09. The molecule has 32 heavy (non-hydrogen) atoms. The second kappa shape index (κ2) is 10.5. The predicted octanol–water partition coefficient (Wildman–Crippen LogP) is 2.58. The number of nitrogens with zero attached hydrogens (tertiary/aromatic N) is 6. The lowest BCUT2D eigenvalue weighted by atomic mass is 10.1. The predicted molar refractivity (Wildman–Crippen MR) is 123 cm³/mol. The van der Waals surface area contributed by atoms with Crippen molar-refractivity contribution in [3.05, 3.63) is 66.1 Å². The molecule has 3 aromatic rings. The fourth-order valence-corrected chi connectivity index (χ4v) is 3.21. The van der Waals surface area contributed by atoms with Gasteiger partial charge >= 0.3 is 0 Å². The number of aryl methyl sites for hydroxylation is 1. The maximum atomic E-state index is 13.6. The number of rotatable bonds is 9. The summed E-state index contributed by atoms with van der Waals surface area (Å²) < 4.78 is 1.60. The fraction of sp³-hybridized carbons (Fsp3) is 0.348. The summed E-state index contributed by atoms with van der Waals surface area (Å²) in [7, 11) is 5.44. The van der Waals surface area contributed by atoms with Gasteiger partial charge in [0.15, 0.2) is 5.82 Å². The van der Waals surface area contributed by atoms with Gasteiger partial charge in [-0.3, -0.25) is 19.2 Å². The van der Waals surface area contributed by atoms with E-state index in [9.17, 15) is 9.59 Å². The highest BCUT2D eigenvalue weighted by molar-refractivity contribution is 6.09. The first-order chi connectivity index (χ1) is 15.4. The van der Waals surface area contributed by atoms with Crippen molar-refractivity contribution in [3.63, 3.8) is 0 Å². The minimum atomic E-state index is -0.981. The Morgan fingerprint density at radius 3 is 2.34 bits per heavy atom. The number of carbonyl (C=O) groups is 2. The average molecular weight is 436 g/mol. The van der Waals surface area contributed by atoms with Crippen molar-refractivity contribution in [2.45, 2.75) is 25.8 Å². The summed E-state index contributed by atoms with van der Waals surface area (Å²) in [5.74, 6) is 0.234. The molecule has 3 rings (SSSR count). The molecule has 0 saturated carbocycles. The molecule has 0 aliphatic heterocycles. The quantitative estimate of drug-likeness (QED) is 0.519. The molecule has 0 aliphatic rings. The van der Waals surface area contributed by atoms with E-state index in [0.29, 0.717) is 29.4 Å². The normalized spacial score (nSPS) is 11.6. The third-order valence-electron chi connectivity index (χ3n) is 4.90. The van der Waals surface area contributed by atoms with Gasteiger partial charge in [0.05, 0.1) is 0 Å². The van der Waals surface area contributed by atoms with Gasteiger partial charge in [-0.15, -0.1) is 0 Å². The molecule has 2 heterocycles. The molecule has 0 bridgehead atoms. The van der Waals surface area contributed by atoms with Gasteiger partial charge in [0.1, 0.15) is 6.04 Å². The zero-order valence-corrected chi connectivity index (χ0v) is 18.9. The molecule has 168 valence electrons. The third kappa shape index (κ3) is 5.29. The summed E-state index contributed by atoms with van der Waals surface area (Å²) in [6.07, 6.45) is 6.68. The molecule has 0 fully saturated rings. The first-order valence-electron chi connectivity index (χ1n) is 10.6. The first-order valence-corrected chi connectivity index (χ1v) is 10.6. The molecule has 1 aromatic carbocycles. The molecule has 1 unspecified atom stereocenters. The molecule has 1 atom stereocenters. The van der Waals surface area contributed by atoms with Gasteiger partial charge in [-0.2, -0.15) is 5.10 Å². The van der Waals surface area contributed by atoms with E-state index in [0.717, 1.165) is 12.8 Å². The molecule has 2 amide bonds. The fourth-order valence-electron chi connectivity index (χ4n) is 3.21. The number of aromatic nitrogens is 4. The maximum Gasteiger partial charge on any atom is 0.260 e. The zero-order chi connectivity index (χ0) is 23.1. The van der Waals surface area contributed by atoms with Gasteiger partial charge < -0.3 is 10.2 Å². The van der Waals surface area contributed by atoms with Crippen LogP contribution in [0.2, 0.25) is 0 Å². The highest BCUT2D eigenvalue weighted by atomic mass is 16.2. The van der Waals surface area contributed by atoms with Crippen LogP contribution in [0.15, 0.2) is 55.0 Å². The van der Waals surface area contributed by atoms with Gasteiger partial charge in [-0.05, 0) is 18.6 Å². The van der Waals surface area contributed by atoms with Gasteiger partial charge in [0.2, 0.25) is 11.9 Å². The Bertz CT molecular complexity index is 1030. The highest BCUT2D eigenvalue weighted by Gasteiger charge is 2.35. The Kier molecular flexibility index (Phi) is 7.54. The van der Waals surface area contributed by atoms with Crippen LogP contribution in [-0.4, -0.2) is 52.2 Å². The van der Waals surface area contributed by atoms with E-state index in [4.69, 9.17) is 0 Å². The SMILES string of the molecule is CCCCNC(=O)C(c1cnc(N(C)C)nc1)N(C(=O)c1ccccc1)c1ccn(C)n1. The standard InChI is InChI=1S/C23H29N7O2/c1-5-6-13-24-21(31)20(18-15-25-23(26-16-18)28(2)3)30(19-12-14-29(4)27-19)22(32)17-10-8-7-9-11-17/h7-12,14-16,20H,5-6,13H2,1-4H3,(H,24,31). The van der Waals surface area contributed by atoms with Gasteiger partial charge in [0, 0.05) is 63.5 Å². The minimum Gasteiger partial charge on any atom is -0.354 e. The number of hydrogen-bond donors (Lipinski definition) is 1. The van der Waals surface area contributed by atoms with Gasteiger partial charge in [-0.1, -0.05) is 31.5 Å². The average Bonchev–Trinajstić information content (AvgIpc) is 3.23. The van der Waals surface area contributed by atoms with E-state index in [1.165, 1.54) is 4.90 Å². The molecular weight excluding hydrogens is 406 g/mol. The number of anilines is 2. The number of carbonyl (C=O) groups excluding carboxylic acids is 2. The Morgan fingerprint density at radius 1 is 1.09 bits per heavy atom. The zero-order valence-electron chi connectivity index (χ0n) is 18.9. The molecule has 0 spiro atoms. The molecule has 1 N–H and O–H groups in total. The minimum absolute atomic E-state index is 0.311. The summed E-state index contributed by atoms with van der Waals surface area (Å²) in [6.45, 7) is 2.56. The van der Waals surface area contributed by atoms with Crippen LogP contribution in [0.5, 0.6) is 0 Å². The van der Waals surface area contributed by atoms with Crippen LogP contribution in [0.4, 0.5) is 11.8 Å². The lowest BCUT2D eigenvalue weighted by molar-refractivity contribution is -0.122. The number of amides is 2. The second-order valence-corrected chi connectivity index (χ2v) is 7.65. The van der Waals surface area contributed by atoms with Crippen LogP contribution < -0.4 is 15.1 Å². The van der Waals surface area contributed by atoms with E-state index in [-0.39, 0.29) is 11.8 Å². The van der Waals surface area contributed by atoms with Crippen molar-refractivity contribution in [2.24, 2.45) is 7.05 Å². The van der Waals surface area contributed by atoms with Crippen LogP contribution in [0.1, 0.15) is 41.7 Å². The summed E-state index contributed by atoms with van der Waals surface area (Å²) in [5, 5.41) is 7.37. The van der Waals surface area contributed by atoms with E-state index >= 15 is 0 Å². The van der Waals surface area contributed by atoms with Crippen LogP contribution in [0.25, 0.3) is 0 Å². The Morgan fingerprint density at radius 2 is 1.78 bits per heavy atom. The van der Waals surface area contributed by atoms with E-state index < -0.39 is 6.04 Å². The van der Waals surface area contributed by atoms with E-state index in [1.807, 2.05) is 20.2 Å². The van der Waals surface area contributed by atoms with Gasteiger partial charge in [-0.25, -0.2) is 9.97 Å². The highest BCUT2D eigenvalue weighted by Crippen LogP contribution is 2.28. The number of unbranched alkanes of at least 4 members (excludes halogenated alkanes) is 1. The molecule has 0 saturated heterocycles. The molecule has 0 radical (unpaired) electrons. The van der Waals surface area contributed by atoms with Crippen molar-refractivity contribution >= 4 is 23.6 Å². The lowest BCUT2D eigenvalue weighted by Crippen LogP contribution is -2.44. The van der Waals surface area contributed by atoms with Crippen LogP contribution in [0.3, 0.4) is 0 Å². The van der Waals surface area contributed by atoms with E-state index in [2.05, 4.69) is 27.3 Å². The Hall–Kier alpha value is -3.75. The van der Waals surface area contributed by atoms with Crippen molar-refractivity contribution < 1.29 is 9.59 Å². The first kappa shape index (κ1) is 22.9. The Labute approximate surface area is 188 Å². The molecule has 2 aromatic heterocycles. The van der Waals surface area contributed by atoms with Crippen molar-refractivity contribution in [1.29, 1.82) is 0 Å². The molecule has 9 nitrogen and oxygen atoms in total. The van der Waals surface area contributed by atoms with Gasteiger partial charge in [0.25, 0.3) is 5.91 Å². The number of hydrogen-bond acceptors (Lipinski definition) is 6. The summed E-state index contributed by atoms with van der Waals surface area (Å²) >= 11 is 0. The maximum absolute atomic E-state index is 13.6. The summed E-state index contributed by atoms with van der Waals surface area (Å²) in [5.41, 5.74) is 0.954. The largest absolute Gasteiger partial charge is 0.354 e. The van der Waals surface area contributed by atoms with Crippen molar-refractivity contribution in [3.8, 4) is 0 Å². The van der Waals surface area contributed by atoms with Crippen LogP contribution in [-0.2, 0) is 11.8 Å². The number of benzene rings is 1. The topological polar surface area (TPSA) is 96.3 Å². The van der Waals surface area contributed by atoms with Crippen molar-refractivity contribution in [2.75, 3.05) is 30.4 Å². The number of nitrogens with one attached hydrogen (secondary N) is 1.